The Kier molecular flexibility index (Phi) is 5.46. The molecule has 18 heavy (non-hydrogen) atoms. The van der Waals surface area contributed by atoms with Gasteiger partial charge in [-0.2, -0.15) is 0 Å². The second-order valence-corrected chi connectivity index (χ2v) is 6.34. The highest BCUT2D eigenvalue weighted by Gasteiger charge is 2.29. The molecule has 1 aliphatic heterocycles. The predicted octanol–water partition coefficient (Wildman–Crippen LogP) is 1.86. The molecule has 0 aromatic heterocycles. The average Bonchev–Trinajstić information content (AvgIpc) is 2.89. The first kappa shape index (κ1) is 14.3. The summed E-state index contributed by atoms with van der Waals surface area (Å²) >= 11 is 0. The van der Waals surface area contributed by atoms with E-state index < -0.39 is 0 Å². The molecule has 0 amide bonds. The van der Waals surface area contributed by atoms with Gasteiger partial charge in [-0.3, -0.25) is 0 Å². The number of piperidine rings is 1. The first-order valence-corrected chi connectivity index (χ1v) is 7.82. The van der Waals surface area contributed by atoms with Crippen molar-refractivity contribution in [3.63, 3.8) is 0 Å². The van der Waals surface area contributed by atoms with E-state index in [1.165, 1.54) is 32.2 Å². The highest BCUT2D eigenvalue weighted by molar-refractivity contribution is 4.86. The maximum absolute atomic E-state index is 9.83. The molecule has 0 bridgehead atoms. The summed E-state index contributed by atoms with van der Waals surface area (Å²) in [5.74, 6) is 1.35. The summed E-state index contributed by atoms with van der Waals surface area (Å²) in [7, 11) is 0. The third kappa shape index (κ3) is 3.94. The van der Waals surface area contributed by atoms with Crippen molar-refractivity contribution in [2.75, 3.05) is 26.2 Å². The van der Waals surface area contributed by atoms with Gasteiger partial charge in [0.2, 0.25) is 0 Å². The summed E-state index contributed by atoms with van der Waals surface area (Å²) in [5, 5.41) is 13.6. The van der Waals surface area contributed by atoms with Crippen molar-refractivity contribution in [1.29, 1.82) is 0 Å². The number of likely N-dealkylation sites (tertiary alicyclic amines) is 1. The van der Waals surface area contributed by atoms with Crippen LogP contribution in [0.2, 0.25) is 0 Å². The quantitative estimate of drug-likeness (QED) is 0.786. The van der Waals surface area contributed by atoms with Gasteiger partial charge < -0.3 is 15.3 Å². The molecular formula is C15H30N2O. The summed E-state index contributed by atoms with van der Waals surface area (Å²) in [6.07, 6.45) is 6.65. The predicted molar refractivity (Wildman–Crippen MR) is 75.7 cm³/mol. The molecule has 3 nitrogen and oxygen atoms in total. The number of aliphatic hydroxyl groups excluding tert-OH is 1. The highest BCUT2D eigenvalue weighted by Crippen LogP contribution is 2.25. The second-order valence-electron chi connectivity index (χ2n) is 6.34. The molecule has 2 aliphatic rings. The van der Waals surface area contributed by atoms with Crippen LogP contribution in [-0.2, 0) is 0 Å². The molecular weight excluding hydrogens is 224 g/mol. The lowest BCUT2D eigenvalue weighted by molar-refractivity contribution is 0.0496. The van der Waals surface area contributed by atoms with Crippen LogP contribution in [0.5, 0.6) is 0 Å². The number of aliphatic hydroxyl groups is 1. The molecule has 1 aliphatic carbocycles. The maximum Gasteiger partial charge on any atom is 0.0553 e. The lowest BCUT2D eigenvalue weighted by atomic mass is 9.90. The van der Waals surface area contributed by atoms with E-state index in [-0.39, 0.29) is 6.10 Å². The number of hydrogen-bond acceptors (Lipinski definition) is 3. The van der Waals surface area contributed by atoms with E-state index in [2.05, 4.69) is 17.1 Å². The van der Waals surface area contributed by atoms with Crippen LogP contribution in [0.15, 0.2) is 0 Å². The van der Waals surface area contributed by atoms with Crippen molar-refractivity contribution in [3.8, 4) is 0 Å². The van der Waals surface area contributed by atoms with Crippen LogP contribution in [0, 0.1) is 11.8 Å². The minimum absolute atomic E-state index is 0.171. The number of likely N-dealkylation sites (N-methyl/N-ethyl adjacent to an activating group) is 1. The zero-order valence-corrected chi connectivity index (χ0v) is 12.1. The van der Waals surface area contributed by atoms with Crippen LogP contribution in [0.25, 0.3) is 0 Å². The number of rotatable bonds is 5. The standard InChI is InChI=1S/C15H30N2O/c1-3-17-10-14(12(2)18)8-15(11-17)16-9-13-6-4-5-7-13/h12-16,18H,3-11H2,1-2H3. The summed E-state index contributed by atoms with van der Waals surface area (Å²) < 4.78 is 0. The molecule has 1 heterocycles. The Bertz CT molecular complexity index is 239. The normalized spacial score (nSPS) is 32.8. The number of hydrogen-bond donors (Lipinski definition) is 2. The van der Waals surface area contributed by atoms with E-state index in [0.717, 1.165) is 32.0 Å². The highest BCUT2D eigenvalue weighted by atomic mass is 16.3. The Balaban J connectivity index is 1.78. The second kappa shape index (κ2) is 6.88. The van der Waals surface area contributed by atoms with Gasteiger partial charge in [-0.25, -0.2) is 0 Å². The van der Waals surface area contributed by atoms with E-state index in [1.54, 1.807) is 0 Å². The summed E-state index contributed by atoms with van der Waals surface area (Å²) in [6, 6.07) is 0.582. The third-order valence-corrected chi connectivity index (χ3v) is 4.86. The summed E-state index contributed by atoms with van der Waals surface area (Å²) in [4.78, 5) is 2.48. The van der Waals surface area contributed by atoms with Crippen molar-refractivity contribution in [3.05, 3.63) is 0 Å². The molecule has 0 aromatic rings. The van der Waals surface area contributed by atoms with Gasteiger partial charge in [0.25, 0.3) is 0 Å². The molecule has 106 valence electrons. The molecule has 2 rings (SSSR count). The van der Waals surface area contributed by atoms with E-state index in [0.29, 0.717) is 12.0 Å². The molecule has 3 heteroatoms. The van der Waals surface area contributed by atoms with Crippen molar-refractivity contribution in [1.82, 2.24) is 10.2 Å². The molecule has 2 N–H and O–H groups in total. The SMILES string of the molecule is CCN1CC(NCC2CCCC2)CC(C(C)O)C1. The van der Waals surface area contributed by atoms with E-state index in [1.807, 2.05) is 6.92 Å². The van der Waals surface area contributed by atoms with Crippen LogP contribution in [0.4, 0.5) is 0 Å². The smallest absolute Gasteiger partial charge is 0.0553 e. The first-order valence-electron chi connectivity index (χ1n) is 7.82. The van der Waals surface area contributed by atoms with Gasteiger partial charge in [0.15, 0.2) is 0 Å². The van der Waals surface area contributed by atoms with Gasteiger partial charge in [0, 0.05) is 19.1 Å². The van der Waals surface area contributed by atoms with Gasteiger partial charge >= 0.3 is 0 Å². The van der Waals surface area contributed by atoms with Gasteiger partial charge in [-0.1, -0.05) is 19.8 Å². The monoisotopic (exact) mass is 254 g/mol. The minimum atomic E-state index is -0.171. The third-order valence-electron chi connectivity index (χ3n) is 4.86. The Hall–Kier alpha value is -0.120. The molecule has 3 atom stereocenters. The minimum Gasteiger partial charge on any atom is -0.393 e. The number of nitrogens with zero attached hydrogens (tertiary/aromatic N) is 1. The van der Waals surface area contributed by atoms with Crippen LogP contribution in [0.1, 0.15) is 46.0 Å². The van der Waals surface area contributed by atoms with Gasteiger partial charge in [0.05, 0.1) is 6.10 Å². The van der Waals surface area contributed by atoms with E-state index in [9.17, 15) is 5.11 Å². The molecule has 1 saturated heterocycles. The zero-order valence-electron chi connectivity index (χ0n) is 12.1. The fraction of sp³-hybridized carbons (Fsp3) is 1.00. The van der Waals surface area contributed by atoms with E-state index in [4.69, 9.17) is 0 Å². The van der Waals surface area contributed by atoms with Crippen LogP contribution < -0.4 is 5.32 Å². The molecule has 0 aromatic carbocycles. The molecule has 2 fully saturated rings. The lowest BCUT2D eigenvalue weighted by Crippen LogP contribution is -2.51. The Labute approximate surface area is 112 Å². The fourth-order valence-corrected chi connectivity index (χ4v) is 3.54. The van der Waals surface area contributed by atoms with Gasteiger partial charge in [-0.05, 0) is 51.1 Å². The molecule has 1 saturated carbocycles. The Morgan fingerprint density at radius 3 is 2.61 bits per heavy atom. The molecule has 3 unspecified atom stereocenters. The lowest BCUT2D eigenvalue weighted by Gasteiger charge is -2.39. The maximum atomic E-state index is 9.83. The Morgan fingerprint density at radius 2 is 2.00 bits per heavy atom. The summed E-state index contributed by atoms with van der Waals surface area (Å²) in [6.45, 7) is 8.68. The fourth-order valence-electron chi connectivity index (χ4n) is 3.54. The number of nitrogens with one attached hydrogen (secondary N) is 1. The molecule has 0 radical (unpaired) electrons. The first-order chi connectivity index (χ1) is 8.69. The van der Waals surface area contributed by atoms with Crippen LogP contribution in [0.3, 0.4) is 0 Å². The van der Waals surface area contributed by atoms with Crippen molar-refractivity contribution in [2.45, 2.75) is 58.1 Å². The van der Waals surface area contributed by atoms with Gasteiger partial charge in [0.1, 0.15) is 0 Å². The van der Waals surface area contributed by atoms with Crippen LogP contribution in [-0.4, -0.2) is 48.3 Å². The largest absolute Gasteiger partial charge is 0.393 e. The van der Waals surface area contributed by atoms with E-state index >= 15 is 0 Å². The van der Waals surface area contributed by atoms with Crippen molar-refractivity contribution in [2.24, 2.45) is 11.8 Å². The topological polar surface area (TPSA) is 35.5 Å². The van der Waals surface area contributed by atoms with Crippen molar-refractivity contribution >= 4 is 0 Å². The summed E-state index contributed by atoms with van der Waals surface area (Å²) in [5.41, 5.74) is 0. The Morgan fingerprint density at radius 1 is 1.28 bits per heavy atom. The average molecular weight is 254 g/mol. The zero-order chi connectivity index (χ0) is 13.0. The van der Waals surface area contributed by atoms with Crippen molar-refractivity contribution < 1.29 is 5.11 Å². The molecule has 0 spiro atoms. The van der Waals surface area contributed by atoms with Crippen LogP contribution >= 0.6 is 0 Å². The van der Waals surface area contributed by atoms with Gasteiger partial charge in [-0.15, -0.1) is 0 Å².